The van der Waals surface area contributed by atoms with Crippen LogP contribution in [0.2, 0.25) is 0 Å². The topological polar surface area (TPSA) is 38.4 Å². The molecule has 3 heteroatoms. The molecule has 0 bridgehead atoms. The summed E-state index contributed by atoms with van der Waals surface area (Å²) in [4.78, 5) is 7.27. The van der Waals surface area contributed by atoms with Crippen molar-refractivity contribution in [1.29, 1.82) is 0 Å². The first-order chi connectivity index (χ1) is 7.21. The van der Waals surface area contributed by atoms with Crippen molar-refractivity contribution in [2.45, 2.75) is 47.6 Å². The number of nitrogens with zero attached hydrogens (tertiary/aromatic N) is 1. The maximum atomic E-state index is 6.00. The van der Waals surface area contributed by atoms with Gasteiger partial charge in [0.2, 0.25) is 0 Å². The van der Waals surface area contributed by atoms with Crippen LogP contribution >= 0.6 is 11.3 Å². The minimum absolute atomic E-state index is 0.0484. The standard InChI is InChI=1S/C13H22N2S/c1-8-7-11(10(3)16-8)9(2)15-12(14)13(4,5)6/h7,9H,1-6H3,(H2,14,15). The highest BCUT2D eigenvalue weighted by Gasteiger charge is 2.18. The van der Waals surface area contributed by atoms with Gasteiger partial charge < -0.3 is 5.73 Å². The van der Waals surface area contributed by atoms with Gasteiger partial charge in [-0.05, 0) is 32.4 Å². The summed E-state index contributed by atoms with van der Waals surface area (Å²) in [5.74, 6) is 0.725. The van der Waals surface area contributed by atoms with Gasteiger partial charge in [-0.2, -0.15) is 0 Å². The van der Waals surface area contributed by atoms with Gasteiger partial charge in [0.25, 0.3) is 0 Å². The van der Waals surface area contributed by atoms with Crippen LogP contribution in [0.15, 0.2) is 11.1 Å². The molecule has 0 aliphatic carbocycles. The lowest BCUT2D eigenvalue weighted by Gasteiger charge is -2.19. The normalized spacial score (nSPS) is 15.2. The van der Waals surface area contributed by atoms with Crippen LogP contribution in [0.25, 0.3) is 0 Å². The highest BCUT2D eigenvalue weighted by molar-refractivity contribution is 7.12. The number of aliphatic imine (C=N–C) groups is 1. The van der Waals surface area contributed by atoms with Gasteiger partial charge in [-0.25, -0.2) is 0 Å². The molecule has 1 atom stereocenters. The summed E-state index contributed by atoms with van der Waals surface area (Å²) in [6, 6.07) is 2.37. The molecule has 0 aromatic carbocycles. The summed E-state index contributed by atoms with van der Waals surface area (Å²) in [5, 5.41) is 0. The first-order valence-electron chi connectivity index (χ1n) is 5.62. The van der Waals surface area contributed by atoms with Crippen LogP contribution in [0.1, 0.15) is 49.1 Å². The highest BCUT2D eigenvalue weighted by atomic mass is 32.1. The van der Waals surface area contributed by atoms with E-state index in [9.17, 15) is 0 Å². The molecule has 2 nitrogen and oxygen atoms in total. The monoisotopic (exact) mass is 238 g/mol. The zero-order valence-corrected chi connectivity index (χ0v) is 11.9. The summed E-state index contributed by atoms with van der Waals surface area (Å²) in [7, 11) is 0. The maximum absolute atomic E-state index is 6.00. The summed E-state index contributed by atoms with van der Waals surface area (Å²) >= 11 is 1.82. The summed E-state index contributed by atoms with van der Waals surface area (Å²) in [6.45, 7) is 12.6. The predicted octanol–water partition coefficient (Wildman–Crippen LogP) is 3.83. The van der Waals surface area contributed by atoms with Crippen molar-refractivity contribution < 1.29 is 0 Å². The number of hydrogen-bond donors (Lipinski definition) is 1. The molecular weight excluding hydrogens is 216 g/mol. The average molecular weight is 238 g/mol. The lowest BCUT2D eigenvalue weighted by molar-refractivity contribution is 0.575. The van der Waals surface area contributed by atoms with E-state index in [1.807, 2.05) is 11.3 Å². The average Bonchev–Trinajstić information content (AvgIpc) is 2.43. The Morgan fingerprint density at radius 3 is 2.31 bits per heavy atom. The predicted molar refractivity (Wildman–Crippen MR) is 73.3 cm³/mol. The number of amidine groups is 1. The first-order valence-corrected chi connectivity index (χ1v) is 6.44. The zero-order chi connectivity index (χ0) is 12.5. The van der Waals surface area contributed by atoms with Gasteiger partial charge >= 0.3 is 0 Å². The third-order valence-corrected chi connectivity index (χ3v) is 3.61. The molecule has 0 amide bonds. The molecule has 0 fully saturated rings. The van der Waals surface area contributed by atoms with E-state index >= 15 is 0 Å². The van der Waals surface area contributed by atoms with Crippen molar-refractivity contribution in [1.82, 2.24) is 0 Å². The molecule has 90 valence electrons. The van der Waals surface area contributed by atoms with Gasteiger partial charge in [0.05, 0.1) is 11.9 Å². The second-order valence-corrected chi connectivity index (χ2v) is 6.77. The van der Waals surface area contributed by atoms with E-state index in [4.69, 9.17) is 5.73 Å². The van der Waals surface area contributed by atoms with Gasteiger partial charge in [0.15, 0.2) is 0 Å². The first kappa shape index (κ1) is 13.2. The molecule has 1 rings (SSSR count). The lowest BCUT2D eigenvalue weighted by atomic mass is 9.95. The van der Waals surface area contributed by atoms with Gasteiger partial charge in [-0.3, -0.25) is 4.99 Å². The Morgan fingerprint density at radius 1 is 1.38 bits per heavy atom. The Bertz CT molecular complexity index is 397. The summed E-state index contributed by atoms with van der Waals surface area (Å²) in [6.07, 6.45) is 0. The van der Waals surface area contributed by atoms with Crippen LogP contribution in [0.4, 0.5) is 0 Å². The maximum Gasteiger partial charge on any atom is 0.0998 e. The fourth-order valence-electron chi connectivity index (χ4n) is 1.54. The van der Waals surface area contributed by atoms with Crippen molar-refractivity contribution in [2.24, 2.45) is 16.1 Å². The quantitative estimate of drug-likeness (QED) is 0.617. The van der Waals surface area contributed by atoms with Crippen molar-refractivity contribution in [3.63, 3.8) is 0 Å². The highest BCUT2D eigenvalue weighted by Crippen LogP contribution is 2.29. The van der Waals surface area contributed by atoms with Crippen LogP contribution in [-0.4, -0.2) is 5.84 Å². The van der Waals surface area contributed by atoms with Gasteiger partial charge in [-0.15, -0.1) is 11.3 Å². The molecule has 0 aliphatic rings. The number of hydrogen-bond acceptors (Lipinski definition) is 2. The Kier molecular flexibility index (Phi) is 3.79. The van der Waals surface area contributed by atoms with Crippen LogP contribution in [-0.2, 0) is 0 Å². The van der Waals surface area contributed by atoms with Crippen molar-refractivity contribution in [3.05, 3.63) is 21.4 Å². The number of aryl methyl sites for hydroxylation is 2. The van der Waals surface area contributed by atoms with Gasteiger partial charge in [0.1, 0.15) is 0 Å². The lowest BCUT2D eigenvalue weighted by Crippen LogP contribution is -2.29. The molecule has 1 unspecified atom stereocenters. The Hall–Kier alpha value is -0.830. The Morgan fingerprint density at radius 2 is 1.94 bits per heavy atom. The van der Waals surface area contributed by atoms with E-state index in [2.05, 4.69) is 52.6 Å². The number of thiophene rings is 1. The second-order valence-electron chi connectivity index (χ2n) is 5.31. The summed E-state index contributed by atoms with van der Waals surface area (Å²) < 4.78 is 0. The van der Waals surface area contributed by atoms with Gasteiger partial charge in [-0.1, -0.05) is 20.8 Å². The zero-order valence-electron chi connectivity index (χ0n) is 11.1. The third-order valence-electron chi connectivity index (χ3n) is 2.63. The van der Waals surface area contributed by atoms with E-state index in [1.54, 1.807) is 0 Å². The summed E-state index contributed by atoms with van der Waals surface area (Å²) in [5.41, 5.74) is 7.25. The van der Waals surface area contributed by atoms with Crippen LogP contribution in [0.3, 0.4) is 0 Å². The van der Waals surface area contributed by atoms with E-state index in [1.165, 1.54) is 15.3 Å². The molecular formula is C13H22N2S. The van der Waals surface area contributed by atoms with Crippen LogP contribution in [0.5, 0.6) is 0 Å². The van der Waals surface area contributed by atoms with Crippen LogP contribution in [0, 0.1) is 19.3 Å². The smallest absolute Gasteiger partial charge is 0.0998 e. The fourth-order valence-corrected chi connectivity index (χ4v) is 2.55. The molecule has 0 spiro atoms. The molecule has 0 saturated heterocycles. The van der Waals surface area contributed by atoms with Crippen molar-refractivity contribution in [2.75, 3.05) is 0 Å². The van der Waals surface area contributed by atoms with E-state index in [0.29, 0.717) is 0 Å². The fraction of sp³-hybridized carbons (Fsp3) is 0.615. The SMILES string of the molecule is Cc1cc(C(C)N=C(N)C(C)(C)C)c(C)s1. The minimum Gasteiger partial charge on any atom is -0.387 e. The number of nitrogens with two attached hydrogens (primary N) is 1. The van der Waals surface area contributed by atoms with Crippen molar-refractivity contribution in [3.8, 4) is 0 Å². The molecule has 1 aromatic rings. The van der Waals surface area contributed by atoms with E-state index in [0.717, 1.165) is 5.84 Å². The third kappa shape index (κ3) is 3.08. The molecule has 16 heavy (non-hydrogen) atoms. The van der Waals surface area contributed by atoms with Crippen LogP contribution < -0.4 is 5.73 Å². The molecule has 1 aromatic heterocycles. The largest absolute Gasteiger partial charge is 0.387 e. The Labute approximate surface area is 103 Å². The molecule has 0 radical (unpaired) electrons. The molecule has 0 aliphatic heterocycles. The number of rotatable bonds is 2. The Balaban J connectivity index is 2.96. The second kappa shape index (κ2) is 4.58. The minimum atomic E-state index is -0.0484. The van der Waals surface area contributed by atoms with E-state index in [-0.39, 0.29) is 11.5 Å². The molecule has 0 saturated carbocycles. The van der Waals surface area contributed by atoms with Crippen molar-refractivity contribution >= 4 is 17.2 Å². The molecule has 2 N–H and O–H groups in total. The van der Waals surface area contributed by atoms with E-state index < -0.39 is 0 Å². The molecule has 1 heterocycles. The van der Waals surface area contributed by atoms with Gasteiger partial charge in [0, 0.05) is 15.2 Å².